The quantitative estimate of drug-likeness (QED) is 0.880. The van der Waals surface area contributed by atoms with Gasteiger partial charge in [0.15, 0.2) is 0 Å². The van der Waals surface area contributed by atoms with Crippen molar-refractivity contribution in [2.24, 2.45) is 5.73 Å². The van der Waals surface area contributed by atoms with Crippen molar-refractivity contribution in [3.8, 4) is 0 Å². The molecule has 0 radical (unpaired) electrons. The average molecular weight is 244 g/mol. The lowest BCUT2D eigenvalue weighted by atomic mass is 9.98. The number of nitrogens with zero attached hydrogens (tertiary/aromatic N) is 1. The molecule has 3 heteroatoms. The Labute approximate surface area is 106 Å². The van der Waals surface area contributed by atoms with Crippen LogP contribution in [-0.4, -0.2) is 12.6 Å². The fourth-order valence-electron chi connectivity index (χ4n) is 2.47. The van der Waals surface area contributed by atoms with Crippen LogP contribution in [0.25, 0.3) is 0 Å². The molecule has 1 atom stereocenters. The second-order valence-electron chi connectivity index (χ2n) is 4.61. The molecule has 0 saturated carbocycles. The smallest absolute Gasteiger partial charge is 0.0438 e. The zero-order chi connectivity index (χ0) is 11.7. The number of hydrogen-bond donors (Lipinski definition) is 1. The highest BCUT2D eigenvalue weighted by atomic mass is 32.1. The molecule has 88 valence electrons. The number of fused-ring (bicyclic) bond motifs is 1. The van der Waals surface area contributed by atoms with Crippen molar-refractivity contribution in [2.75, 3.05) is 11.4 Å². The van der Waals surface area contributed by atoms with Crippen molar-refractivity contribution in [1.29, 1.82) is 0 Å². The Morgan fingerprint density at radius 2 is 2.18 bits per heavy atom. The van der Waals surface area contributed by atoms with Gasteiger partial charge in [0.05, 0.1) is 0 Å². The van der Waals surface area contributed by atoms with Crippen molar-refractivity contribution in [3.63, 3.8) is 0 Å². The van der Waals surface area contributed by atoms with Crippen LogP contribution in [0.1, 0.15) is 11.1 Å². The summed E-state index contributed by atoms with van der Waals surface area (Å²) >= 11 is 1.75. The number of nitrogens with two attached hydrogens (primary N) is 1. The largest absolute Gasteiger partial charge is 0.365 e. The SMILES string of the molecule is NC1Cc2ccccc2N(Cc2ccsc2)C1. The Morgan fingerprint density at radius 3 is 3.00 bits per heavy atom. The Kier molecular flexibility index (Phi) is 2.87. The molecular weight excluding hydrogens is 228 g/mol. The summed E-state index contributed by atoms with van der Waals surface area (Å²) in [5, 5.41) is 4.34. The van der Waals surface area contributed by atoms with Crippen LogP contribution < -0.4 is 10.6 Å². The minimum atomic E-state index is 0.253. The van der Waals surface area contributed by atoms with E-state index in [2.05, 4.69) is 46.0 Å². The summed E-state index contributed by atoms with van der Waals surface area (Å²) in [6, 6.07) is 11.0. The summed E-state index contributed by atoms with van der Waals surface area (Å²) < 4.78 is 0. The molecule has 0 bridgehead atoms. The van der Waals surface area contributed by atoms with E-state index in [9.17, 15) is 0 Å². The highest BCUT2D eigenvalue weighted by Gasteiger charge is 2.21. The van der Waals surface area contributed by atoms with E-state index in [1.54, 1.807) is 11.3 Å². The van der Waals surface area contributed by atoms with E-state index in [4.69, 9.17) is 5.73 Å². The van der Waals surface area contributed by atoms with Crippen molar-refractivity contribution in [2.45, 2.75) is 19.0 Å². The van der Waals surface area contributed by atoms with Gasteiger partial charge < -0.3 is 10.6 Å². The van der Waals surface area contributed by atoms with Crippen LogP contribution in [0.2, 0.25) is 0 Å². The molecule has 0 saturated heterocycles. The second-order valence-corrected chi connectivity index (χ2v) is 5.39. The van der Waals surface area contributed by atoms with Crippen molar-refractivity contribution in [1.82, 2.24) is 0 Å². The molecule has 2 N–H and O–H groups in total. The number of anilines is 1. The monoisotopic (exact) mass is 244 g/mol. The van der Waals surface area contributed by atoms with Gasteiger partial charge in [-0.2, -0.15) is 11.3 Å². The summed E-state index contributed by atoms with van der Waals surface area (Å²) in [5.74, 6) is 0. The molecule has 0 spiro atoms. The molecule has 1 aliphatic rings. The van der Waals surface area contributed by atoms with Gasteiger partial charge in [-0.05, 0) is 40.4 Å². The number of thiophene rings is 1. The van der Waals surface area contributed by atoms with Gasteiger partial charge in [0.1, 0.15) is 0 Å². The summed E-state index contributed by atoms with van der Waals surface area (Å²) in [6.07, 6.45) is 0.996. The number of hydrogen-bond acceptors (Lipinski definition) is 3. The first kappa shape index (κ1) is 10.8. The van der Waals surface area contributed by atoms with Crippen LogP contribution >= 0.6 is 11.3 Å². The lowest BCUT2D eigenvalue weighted by Crippen LogP contribution is -2.42. The molecule has 2 nitrogen and oxygen atoms in total. The summed E-state index contributed by atoms with van der Waals surface area (Å²) in [6.45, 7) is 1.92. The number of rotatable bonds is 2. The molecule has 1 aliphatic heterocycles. The number of para-hydroxylation sites is 1. The van der Waals surface area contributed by atoms with E-state index in [0.29, 0.717) is 0 Å². The molecule has 3 rings (SSSR count). The minimum Gasteiger partial charge on any atom is -0.365 e. The Bertz CT molecular complexity index is 493. The topological polar surface area (TPSA) is 29.3 Å². The lowest BCUT2D eigenvalue weighted by Gasteiger charge is -2.34. The maximum absolute atomic E-state index is 6.13. The fraction of sp³-hybridized carbons (Fsp3) is 0.286. The molecule has 1 unspecified atom stereocenters. The summed E-state index contributed by atoms with van der Waals surface area (Å²) in [4.78, 5) is 2.39. The molecular formula is C14H16N2S. The van der Waals surface area contributed by atoms with E-state index in [1.165, 1.54) is 16.8 Å². The molecule has 0 amide bonds. The van der Waals surface area contributed by atoms with Crippen LogP contribution in [0.15, 0.2) is 41.1 Å². The van der Waals surface area contributed by atoms with Crippen molar-refractivity contribution >= 4 is 17.0 Å². The Hall–Kier alpha value is -1.32. The van der Waals surface area contributed by atoms with Gasteiger partial charge in [-0.15, -0.1) is 0 Å². The van der Waals surface area contributed by atoms with E-state index in [0.717, 1.165) is 19.5 Å². The zero-order valence-electron chi connectivity index (χ0n) is 9.67. The van der Waals surface area contributed by atoms with Crippen LogP contribution in [0.5, 0.6) is 0 Å². The maximum atomic E-state index is 6.13. The van der Waals surface area contributed by atoms with Gasteiger partial charge in [0.25, 0.3) is 0 Å². The van der Waals surface area contributed by atoms with Crippen molar-refractivity contribution < 1.29 is 0 Å². The Balaban J connectivity index is 1.90. The minimum absolute atomic E-state index is 0.253. The third-order valence-electron chi connectivity index (χ3n) is 3.22. The Morgan fingerprint density at radius 1 is 1.29 bits per heavy atom. The van der Waals surface area contributed by atoms with Gasteiger partial charge in [-0.1, -0.05) is 18.2 Å². The molecule has 0 fully saturated rings. The third-order valence-corrected chi connectivity index (χ3v) is 3.95. The van der Waals surface area contributed by atoms with E-state index in [1.807, 2.05) is 0 Å². The van der Waals surface area contributed by atoms with Crippen molar-refractivity contribution in [3.05, 3.63) is 52.2 Å². The molecule has 17 heavy (non-hydrogen) atoms. The molecule has 1 aromatic carbocycles. The zero-order valence-corrected chi connectivity index (χ0v) is 10.5. The van der Waals surface area contributed by atoms with Crippen LogP contribution in [-0.2, 0) is 13.0 Å². The van der Waals surface area contributed by atoms with Crippen LogP contribution in [0, 0.1) is 0 Å². The van der Waals surface area contributed by atoms with E-state index >= 15 is 0 Å². The van der Waals surface area contributed by atoms with Crippen LogP contribution in [0.3, 0.4) is 0 Å². The maximum Gasteiger partial charge on any atom is 0.0438 e. The summed E-state index contributed by atoms with van der Waals surface area (Å²) in [7, 11) is 0. The lowest BCUT2D eigenvalue weighted by molar-refractivity contribution is 0.599. The first-order valence-corrected chi connectivity index (χ1v) is 6.87. The molecule has 2 aromatic rings. The predicted octanol–water partition coefficient (Wildman–Crippen LogP) is 2.64. The van der Waals surface area contributed by atoms with E-state index in [-0.39, 0.29) is 6.04 Å². The van der Waals surface area contributed by atoms with Gasteiger partial charge in [-0.3, -0.25) is 0 Å². The van der Waals surface area contributed by atoms with Gasteiger partial charge >= 0.3 is 0 Å². The first-order chi connectivity index (χ1) is 8.33. The average Bonchev–Trinajstić information content (AvgIpc) is 2.81. The summed E-state index contributed by atoms with van der Waals surface area (Å²) in [5.41, 5.74) is 10.2. The standard InChI is InChI=1S/C14H16N2S/c15-13-7-12-3-1-2-4-14(12)16(9-13)8-11-5-6-17-10-11/h1-6,10,13H,7-9,15H2. The third kappa shape index (κ3) is 2.21. The highest BCUT2D eigenvalue weighted by molar-refractivity contribution is 7.07. The highest BCUT2D eigenvalue weighted by Crippen LogP contribution is 2.28. The van der Waals surface area contributed by atoms with E-state index < -0.39 is 0 Å². The second kappa shape index (κ2) is 4.51. The van der Waals surface area contributed by atoms with Gasteiger partial charge in [0.2, 0.25) is 0 Å². The fourth-order valence-corrected chi connectivity index (χ4v) is 3.13. The number of benzene rings is 1. The van der Waals surface area contributed by atoms with Gasteiger partial charge in [-0.25, -0.2) is 0 Å². The normalized spacial score (nSPS) is 19.1. The molecule has 2 heterocycles. The van der Waals surface area contributed by atoms with Gasteiger partial charge in [0, 0.05) is 24.8 Å². The molecule has 1 aromatic heterocycles. The first-order valence-electron chi connectivity index (χ1n) is 5.92. The van der Waals surface area contributed by atoms with Crippen LogP contribution in [0.4, 0.5) is 5.69 Å². The predicted molar refractivity (Wildman–Crippen MR) is 73.5 cm³/mol. The molecule has 0 aliphatic carbocycles.